The summed E-state index contributed by atoms with van der Waals surface area (Å²) in [6, 6.07) is 16.5. The third-order valence-corrected chi connectivity index (χ3v) is 3.96. The first kappa shape index (κ1) is 14.7. The first-order valence-electron chi connectivity index (χ1n) is 7.62. The van der Waals surface area contributed by atoms with Gasteiger partial charge in [0.2, 0.25) is 0 Å². The Hall–Kier alpha value is -2.26. The fraction of sp³-hybridized carbons (Fsp3) is 0.263. The number of ether oxygens (including phenoxy) is 1. The van der Waals surface area contributed by atoms with Crippen LogP contribution in [0.2, 0.25) is 0 Å². The minimum absolute atomic E-state index is 0.213. The molecular weight excluding hydrogens is 274 g/mol. The van der Waals surface area contributed by atoms with Crippen LogP contribution in [0.3, 0.4) is 0 Å². The van der Waals surface area contributed by atoms with Crippen molar-refractivity contribution in [1.29, 1.82) is 0 Å². The van der Waals surface area contributed by atoms with E-state index in [2.05, 4.69) is 42.2 Å². The van der Waals surface area contributed by atoms with Crippen molar-refractivity contribution in [1.82, 2.24) is 4.98 Å². The van der Waals surface area contributed by atoms with Crippen molar-refractivity contribution in [2.75, 3.05) is 6.61 Å². The zero-order valence-corrected chi connectivity index (χ0v) is 12.9. The lowest BCUT2D eigenvalue weighted by Gasteiger charge is -2.19. The molecule has 3 rings (SSSR count). The summed E-state index contributed by atoms with van der Waals surface area (Å²) in [6.07, 6.45) is 1.49. The van der Waals surface area contributed by atoms with Crippen molar-refractivity contribution in [2.45, 2.75) is 25.9 Å². The Bertz CT molecular complexity index is 761. The monoisotopic (exact) mass is 295 g/mol. The van der Waals surface area contributed by atoms with Crippen LogP contribution in [-0.4, -0.2) is 22.8 Å². The highest BCUT2D eigenvalue weighted by Crippen LogP contribution is 2.34. The summed E-state index contributed by atoms with van der Waals surface area (Å²) < 4.78 is 5.78. The SMILES string of the molecule is CC(O)COc1ccccc1C(C)c1cccc2[nH]ccc12. The van der Waals surface area contributed by atoms with E-state index in [1.165, 1.54) is 10.9 Å². The maximum absolute atomic E-state index is 9.44. The molecular formula is C19H21NO2. The molecule has 0 aliphatic carbocycles. The molecule has 0 spiro atoms. The van der Waals surface area contributed by atoms with Crippen molar-refractivity contribution < 1.29 is 9.84 Å². The molecule has 3 aromatic rings. The van der Waals surface area contributed by atoms with Crippen LogP contribution in [0.4, 0.5) is 0 Å². The van der Waals surface area contributed by atoms with Crippen molar-refractivity contribution in [3.63, 3.8) is 0 Å². The number of aliphatic hydroxyl groups excluding tert-OH is 1. The Labute approximate surface area is 130 Å². The summed E-state index contributed by atoms with van der Waals surface area (Å²) in [6.45, 7) is 4.22. The average molecular weight is 295 g/mol. The van der Waals surface area contributed by atoms with E-state index in [9.17, 15) is 5.11 Å². The fourth-order valence-corrected chi connectivity index (χ4v) is 2.83. The molecule has 114 valence electrons. The quantitative estimate of drug-likeness (QED) is 0.745. The highest BCUT2D eigenvalue weighted by Gasteiger charge is 2.16. The Morgan fingerprint density at radius 2 is 1.77 bits per heavy atom. The van der Waals surface area contributed by atoms with E-state index >= 15 is 0 Å². The lowest BCUT2D eigenvalue weighted by Crippen LogP contribution is -2.14. The van der Waals surface area contributed by atoms with Gasteiger partial charge in [0.1, 0.15) is 12.4 Å². The van der Waals surface area contributed by atoms with Gasteiger partial charge in [0, 0.05) is 28.6 Å². The maximum Gasteiger partial charge on any atom is 0.123 e. The van der Waals surface area contributed by atoms with E-state index in [0.29, 0.717) is 6.61 Å². The number of para-hydroxylation sites is 1. The van der Waals surface area contributed by atoms with E-state index in [0.717, 1.165) is 16.8 Å². The van der Waals surface area contributed by atoms with Gasteiger partial charge in [-0.15, -0.1) is 0 Å². The second-order valence-corrected chi connectivity index (χ2v) is 5.71. The van der Waals surface area contributed by atoms with E-state index in [-0.39, 0.29) is 5.92 Å². The van der Waals surface area contributed by atoms with Gasteiger partial charge in [-0.2, -0.15) is 0 Å². The molecule has 22 heavy (non-hydrogen) atoms. The van der Waals surface area contributed by atoms with Gasteiger partial charge in [0.05, 0.1) is 6.10 Å². The van der Waals surface area contributed by atoms with Crippen molar-refractivity contribution in [3.05, 3.63) is 65.9 Å². The molecule has 0 saturated heterocycles. The molecule has 0 radical (unpaired) electrons. The minimum atomic E-state index is -0.475. The molecule has 2 atom stereocenters. The third-order valence-electron chi connectivity index (χ3n) is 3.96. The number of aromatic amines is 1. The Morgan fingerprint density at radius 3 is 2.59 bits per heavy atom. The normalized spacial score (nSPS) is 14.0. The van der Waals surface area contributed by atoms with Gasteiger partial charge in [-0.05, 0) is 30.7 Å². The fourth-order valence-electron chi connectivity index (χ4n) is 2.83. The lowest BCUT2D eigenvalue weighted by atomic mass is 9.90. The van der Waals surface area contributed by atoms with Crippen LogP contribution in [0.25, 0.3) is 10.9 Å². The molecule has 0 bridgehead atoms. The van der Waals surface area contributed by atoms with Crippen LogP contribution in [0.5, 0.6) is 5.75 Å². The molecule has 0 saturated carbocycles. The molecule has 2 N–H and O–H groups in total. The number of benzene rings is 2. The van der Waals surface area contributed by atoms with Crippen LogP contribution >= 0.6 is 0 Å². The first-order chi connectivity index (χ1) is 10.7. The van der Waals surface area contributed by atoms with Gasteiger partial charge >= 0.3 is 0 Å². The maximum atomic E-state index is 9.44. The Morgan fingerprint density at radius 1 is 1.00 bits per heavy atom. The molecule has 0 aliphatic rings. The predicted molar refractivity (Wildman–Crippen MR) is 89.4 cm³/mol. The Kier molecular flexibility index (Phi) is 4.16. The smallest absolute Gasteiger partial charge is 0.123 e. The standard InChI is InChI=1S/C19H21NO2/c1-13(21)12-22-19-9-4-3-6-16(19)14(2)15-7-5-8-18-17(15)10-11-20-18/h3-11,13-14,20-21H,12H2,1-2H3. The van der Waals surface area contributed by atoms with E-state index in [4.69, 9.17) is 4.74 Å². The average Bonchev–Trinajstić information content (AvgIpc) is 3.01. The molecule has 0 fully saturated rings. The van der Waals surface area contributed by atoms with Gasteiger partial charge in [0.15, 0.2) is 0 Å². The predicted octanol–water partition coefficient (Wildman–Crippen LogP) is 4.08. The minimum Gasteiger partial charge on any atom is -0.491 e. The van der Waals surface area contributed by atoms with Crippen molar-refractivity contribution >= 4 is 10.9 Å². The van der Waals surface area contributed by atoms with Gasteiger partial charge in [-0.1, -0.05) is 37.3 Å². The van der Waals surface area contributed by atoms with Crippen LogP contribution in [0, 0.1) is 0 Å². The molecule has 0 amide bonds. The third kappa shape index (κ3) is 2.85. The van der Waals surface area contributed by atoms with Gasteiger partial charge < -0.3 is 14.8 Å². The van der Waals surface area contributed by atoms with Crippen LogP contribution in [-0.2, 0) is 0 Å². The lowest BCUT2D eigenvalue weighted by molar-refractivity contribution is 0.122. The highest BCUT2D eigenvalue weighted by atomic mass is 16.5. The van der Waals surface area contributed by atoms with E-state index < -0.39 is 6.10 Å². The van der Waals surface area contributed by atoms with Crippen molar-refractivity contribution in [3.8, 4) is 5.75 Å². The Balaban J connectivity index is 1.98. The molecule has 1 aromatic heterocycles. The molecule has 0 aliphatic heterocycles. The number of fused-ring (bicyclic) bond motifs is 1. The topological polar surface area (TPSA) is 45.2 Å². The summed E-state index contributed by atoms with van der Waals surface area (Å²) in [5, 5.41) is 10.7. The molecule has 1 heterocycles. The zero-order valence-electron chi connectivity index (χ0n) is 12.9. The van der Waals surface area contributed by atoms with Crippen LogP contribution in [0.15, 0.2) is 54.7 Å². The number of aliphatic hydroxyl groups is 1. The van der Waals surface area contributed by atoms with Crippen LogP contribution < -0.4 is 4.74 Å². The zero-order chi connectivity index (χ0) is 15.5. The summed E-state index contributed by atoms with van der Waals surface area (Å²) in [5.41, 5.74) is 3.55. The molecule has 2 aromatic carbocycles. The molecule has 3 heteroatoms. The van der Waals surface area contributed by atoms with Gasteiger partial charge in [0.25, 0.3) is 0 Å². The number of nitrogens with one attached hydrogen (secondary N) is 1. The largest absolute Gasteiger partial charge is 0.491 e. The summed E-state index contributed by atoms with van der Waals surface area (Å²) in [4.78, 5) is 3.26. The number of H-pyrrole nitrogens is 1. The molecule has 2 unspecified atom stereocenters. The summed E-state index contributed by atoms with van der Waals surface area (Å²) >= 11 is 0. The number of aromatic nitrogens is 1. The van der Waals surface area contributed by atoms with E-state index in [1.807, 2.05) is 24.4 Å². The first-order valence-corrected chi connectivity index (χ1v) is 7.62. The highest BCUT2D eigenvalue weighted by molar-refractivity contribution is 5.84. The summed E-state index contributed by atoms with van der Waals surface area (Å²) in [5.74, 6) is 1.05. The van der Waals surface area contributed by atoms with Crippen molar-refractivity contribution in [2.24, 2.45) is 0 Å². The van der Waals surface area contributed by atoms with E-state index in [1.54, 1.807) is 6.92 Å². The number of hydrogen-bond acceptors (Lipinski definition) is 2. The number of hydrogen-bond donors (Lipinski definition) is 2. The number of rotatable bonds is 5. The van der Waals surface area contributed by atoms with Crippen LogP contribution in [0.1, 0.15) is 30.9 Å². The molecule has 3 nitrogen and oxygen atoms in total. The second kappa shape index (κ2) is 6.24. The van der Waals surface area contributed by atoms with Gasteiger partial charge in [-0.25, -0.2) is 0 Å². The summed E-state index contributed by atoms with van der Waals surface area (Å²) in [7, 11) is 0. The van der Waals surface area contributed by atoms with Gasteiger partial charge in [-0.3, -0.25) is 0 Å². The second-order valence-electron chi connectivity index (χ2n) is 5.71.